The zero-order valence-electron chi connectivity index (χ0n) is 24.0. The standard InChI is InChI=1S/C32H44N2O5S/c1-6-8-9-13-17-39-31(38)26-25-18-22(5)32(40-25)27(26)29(36)34(24(20-35)19-23-14-11-10-12-15-23)28(32)30(37)33(16-7-2)21(3)4/h6-7,10-12,14-15,21-22,24-28,35H,1-2,8-9,13,16-20H2,3-5H3/t22?,24-,25+,26-,27+,28?,32?/m1/s1. The first-order valence-electron chi connectivity index (χ1n) is 14.6. The quantitative estimate of drug-likeness (QED) is 0.205. The van der Waals surface area contributed by atoms with Crippen molar-refractivity contribution in [2.24, 2.45) is 17.8 Å². The van der Waals surface area contributed by atoms with Crippen molar-refractivity contribution in [2.45, 2.75) is 81.0 Å². The van der Waals surface area contributed by atoms with Crippen LogP contribution in [0, 0.1) is 17.8 Å². The highest BCUT2D eigenvalue weighted by Gasteiger charge is 2.77. The third-order valence-corrected chi connectivity index (χ3v) is 11.0. The summed E-state index contributed by atoms with van der Waals surface area (Å²) in [5.74, 6) is -1.92. The number of hydrogen-bond donors (Lipinski definition) is 1. The lowest BCUT2D eigenvalue weighted by Gasteiger charge is -2.42. The molecule has 0 aromatic heterocycles. The number of unbranched alkanes of at least 4 members (excludes halogenated alkanes) is 2. The summed E-state index contributed by atoms with van der Waals surface area (Å²) >= 11 is 1.64. The average Bonchev–Trinajstić information content (AvgIpc) is 3.53. The van der Waals surface area contributed by atoms with E-state index >= 15 is 0 Å². The highest BCUT2D eigenvalue weighted by atomic mass is 32.2. The molecule has 3 aliphatic rings. The van der Waals surface area contributed by atoms with Crippen molar-refractivity contribution in [1.82, 2.24) is 9.80 Å². The first-order valence-corrected chi connectivity index (χ1v) is 15.4. The Bertz CT molecular complexity index is 1090. The monoisotopic (exact) mass is 568 g/mol. The van der Waals surface area contributed by atoms with E-state index in [0.717, 1.165) is 31.2 Å². The van der Waals surface area contributed by atoms with Crippen molar-refractivity contribution < 1.29 is 24.2 Å². The third-order valence-electron chi connectivity index (χ3n) is 8.89. The Kier molecular flexibility index (Phi) is 9.83. The molecule has 1 aromatic carbocycles. The molecule has 0 saturated carbocycles. The van der Waals surface area contributed by atoms with E-state index in [2.05, 4.69) is 20.1 Å². The molecule has 1 N–H and O–H groups in total. The van der Waals surface area contributed by atoms with Crippen LogP contribution < -0.4 is 0 Å². The number of benzene rings is 1. The van der Waals surface area contributed by atoms with Crippen LogP contribution >= 0.6 is 11.8 Å². The Morgan fingerprint density at radius 1 is 1.23 bits per heavy atom. The SMILES string of the molecule is C=CCCCCOC(=O)[C@@H]1[C@@H]2CC(C)C3(S2)C(C(=O)N(CC=C)C(C)C)N([C@@H](CO)Cc2ccccc2)C(=O)[C@H]13. The fourth-order valence-electron chi connectivity index (χ4n) is 7.05. The van der Waals surface area contributed by atoms with Gasteiger partial charge >= 0.3 is 5.97 Å². The topological polar surface area (TPSA) is 87.2 Å². The number of hydrogen-bond acceptors (Lipinski definition) is 6. The molecule has 3 fully saturated rings. The van der Waals surface area contributed by atoms with E-state index in [1.54, 1.807) is 27.6 Å². The Labute approximate surface area is 243 Å². The van der Waals surface area contributed by atoms with E-state index in [0.29, 0.717) is 19.6 Å². The van der Waals surface area contributed by atoms with E-state index in [1.807, 2.05) is 50.3 Å². The maximum Gasteiger partial charge on any atom is 0.310 e. The summed E-state index contributed by atoms with van der Waals surface area (Å²) in [6.45, 7) is 14.0. The van der Waals surface area contributed by atoms with Crippen LogP contribution in [0.3, 0.4) is 0 Å². The highest BCUT2D eigenvalue weighted by Crippen LogP contribution is 2.69. The molecule has 7 nitrogen and oxygen atoms in total. The van der Waals surface area contributed by atoms with Crippen LogP contribution in [0.25, 0.3) is 0 Å². The number of esters is 1. The van der Waals surface area contributed by atoms with Gasteiger partial charge in [0.15, 0.2) is 0 Å². The molecule has 0 radical (unpaired) electrons. The number of rotatable bonds is 14. The summed E-state index contributed by atoms with van der Waals surface area (Å²) in [6.07, 6.45) is 7.21. The van der Waals surface area contributed by atoms with Gasteiger partial charge in [0.1, 0.15) is 6.04 Å². The van der Waals surface area contributed by atoms with Crippen LogP contribution in [0.15, 0.2) is 55.6 Å². The molecule has 1 spiro atoms. The molecule has 3 unspecified atom stereocenters. The number of ether oxygens (including phenoxy) is 1. The van der Waals surface area contributed by atoms with Crippen LogP contribution in [0.5, 0.6) is 0 Å². The van der Waals surface area contributed by atoms with E-state index in [4.69, 9.17) is 4.74 Å². The number of carbonyl (C=O) groups is 3. The number of nitrogens with zero attached hydrogens (tertiary/aromatic N) is 2. The second-order valence-corrected chi connectivity index (χ2v) is 13.2. The molecular weight excluding hydrogens is 524 g/mol. The van der Waals surface area contributed by atoms with Gasteiger partial charge < -0.3 is 19.6 Å². The smallest absolute Gasteiger partial charge is 0.310 e. The fraction of sp³-hybridized carbons (Fsp3) is 0.594. The molecule has 40 heavy (non-hydrogen) atoms. The molecule has 0 aliphatic carbocycles. The lowest BCUT2D eigenvalue weighted by molar-refractivity contribution is -0.155. The first kappa shape index (κ1) is 30.4. The van der Waals surface area contributed by atoms with Gasteiger partial charge in [-0.2, -0.15) is 0 Å². The Balaban J connectivity index is 1.73. The molecular formula is C32H44N2O5S. The molecule has 2 amide bonds. The Hall–Kier alpha value is -2.58. The van der Waals surface area contributed by atoms with Gasteiger partial charge in [0.25, 0.3) is 0 Å². The summed E-state index contributed by atoms with van der Waals surface area (Å²) in [5.41, 5.74) is 0.974. The maximum atomic E-state index is 14.5. The van der Waals surface area contributed by atoms with Crippen LogP contribution in [-0.4, -0.2) is 80.6 Å². The van der Waals surface area contributed by atoms with Crippen molar-refractivity contribution >= 4 is 29.5 Å². The predicted molar refractivity (Wildman–Crippen MR) is 159 cm³/mol. The molecule has 7 atom stereocenters. The number of thioether (sulfide) groups is 1. The van der Waals surface area contributed by atoms with Crippen molar-refractivity contribution in [3.63, 3.8) is 0 Å². The van der Waals surface area contributed by atoms with Crippen LogP contribution in [0.1, 0.15) is 52.0 Å². The fourth-order valence-corrected chi connectivity index (χ4v) is 9.44. The van der Waals surface area contributed by atoms with Crippen molar-refractivity contribution in [2.75, 3.05) is 19.8 Å². The molecule has 2 bridgehead atoms. The summed E-state index contributed by atoms with van der Waals surface area (Å²) < 4.78 is 4.98. The molecule has 3 aliphatic heterocycles. The molecule has 8 heteroatoms. The number of likely N-dealkylation sites (tertiary alicyclic amines) is 1. The van der Waals surface area contributed by atoms with Crippen LogP contribution in [0.4, 0.5) is 0 Å². The van der Waals surface area contributed by atoms with Gasteiger partial charge in [-0.15, -0.1) is 24.9 Å². The van der Waals surface area contributed by atoms with Gasteiger partial charge in [-0.25, -0.2) is 0 Å². The van der Waals surface area contributed by atoms with Gasteiger partial charge in [0, 0.05) is 17.8 Å². The highest BCUT2D eigenvalue weighted by molar-refractivity contribution is 8.02. The zero-order chi connectivity index (χ0) is 29.0. The average molecular weight is 569 g/mol. The molecule has 218 valence electrons. The second-order valence-electron chi connectivity index (χ2n) is 11.6. The van der Waals surface area contributed by atoms with E-state index < -0.39 is 28.7 Å². The van der Waals surface area contributed by atoms with Crippen molar-refractivity contribution in [3.05, 3.63) is 61.2 Å². The summed E-state index contributed by atoms with van der Waals surface area (Å²) in [4.78, 5) is 45.9. The summed E-state index contributed by atoms with van der Waals surface area (Å²) in [6, 6.07) is 8.23. The number of aliphatic hydroxyl groups excluding tert-OH is 1. The maximum absolute atomic E-state index is 14.5. The summed E-state index contributed by atoms with van der Waals surface area (Å²) in [5, 5.41) is 10.6. The number of allylic oxidation sites excluding steroid dienone is 1. The van der Waals surface area contributed by atoms with Crippen LogP contribution in [0.2, 0.25) is 0 Å². The van der Waals surface area contributed by atoms with Gasteiger partial charge in [-0.05, 0) is 57.4 Å². The minimum atomic E-state index is -0.788. The van der Waals surface area contributed by atoms with E-state index in [1.165, 1.54) is 0 Å². The predicted octanol–water partition coefficient (Wildman–Crippen LogP) is 4.25. The first-order chi connectivity index (χ1) is 19.2. The largest absolute Gasteiger partial charge is 0.465 e. The third kappa shape index (κ3) is 5.37. The number of fused-ring (bicyclic) bond motifs is 1. The molecule has 3 heterocycles. The van der Waals surface area contributed by atoms with Crippen molar-refractivity contribution in [1.29, 1.82) is 0 Å². The number of carbonyl (C=O) groups excluding carboxylic acids is 3. The van der Waals surface area contributed by atoms with Gasteiger partial charge in [0.2, 0.25) is 11.8 Å². The van der Waals surface area contributed by atoms with Crippen LogP contribution in [-0.2, 0) is 25.5 Å². The Morgan fingerprint density at radius 3 is 2.58 bits per heavy atom. The minimum Gasteiger partial charge on any atom is -0.465 e. The Morgan fingerprint density at radius 2 is 1.95 bits per heavy atom. The normalized spacial score (nSPS) is 29.4. The minimum absolute atomic E-state index is 0.0425. The summed E-state index contributed by atoms with van der Waals surface area (Å²) in [7, 11) is 0. The lowest BCUT2D eigenvalue weighted by atomic mass is 9.66. The number of amides is 2. The zero-order valence-corrected chi connectivity index (χ0v) is 24.9. The number of aliphatic hydroxyl groups is 1. The van der Waals surface area contributed by atoms with Crippen molar-refractivity contribution in [3.8, 4) is 0 Å². The van der Waals surface area contributed by atoms with Gasteiger partial charge in [0.05, 0.1) is 35.8 Å². The lowest BCUT2D eigenvalue weighted by Crippen LogP contribution is -2.60. The molecule has 1 aromatic rings. The molecule has 3 saturated heterocycles. The van der Waals surface area contributed by atoms with E-state index in [-0.39, 0.29) is 41.6 Å². The molecule has 4 rings (SSSR count). The van der Waals surface area contributed by atoms with Gasteiger partial charge in [-0.1, -0.05) is 49.4 Å². The second kappa shape index (κ2) is 12.9. The van der Waals surface area contributed by atoms with Gasteiger partial charge in [-0.3, -0.25) is 14.4 Å². The van der Waals surface area contributed by atoms with E-state index in [9.17, 15) is 19.5 Å².